The van der Waals surface area contributed by atoms with Gasteiger partial charge in [0.15, 0.2) is 0 Å². The van der Waals surface area contributed by atoms with Gasteiger partial charge in [0.25, 0.3) is 0 Å². The molecular formula is C15H21FN2O3. The molecule has 0 radical (unpaired) electrons. The van der Waals surface area contributed by atoms with Crippen molar-refractivity contribution in [3.05, 3.63) is 30.1 Å². The smallest absolute Gasteiger partial charge is 0.307 e. The summed E-state index contributed by atoms with van der Waals surface area (Å²) < 4.78 is 13.4. The first-order chi connectivity index (χ1) is 9.93. The Bertz CT molecular complexity index is 494. The number of hydrogen-bond donors (Lipinski definition) is 2. The first-order valence-electron chi connectivity index (χ1n) is 6.93. The Labute approximate surface area is 123 Å². The minimum Gasteiger partial charge on any atom is -0.481 e. The molecule has 1 atom stereocenters. The number of carboxylic acid groups (broad SMARTS) is 1. The second-order valence-electron chi connectivity index (χ2n) is 4.91. The van der Waals surface area contributed by atoms with E-state index in [2.05, 4.69) is 5.32 Å². The molecule has 1 rings (SSSR count). The zero-order chi connectivity index (χ0) is 15.8. The summed E-state index contributed by atoms with van der Waals surface area (Å²) in [5.74, 6) is -2.11. The highest BCUT2D eigenvalue weighted by Crippen LogP contribution is 2.12. The van der Waals surface area contributed by atoms with E-state index in [4.69, 9.17) is 5.11 Å². The molecule has 0 aliphatic rings. The van der Waals surface area contributed by atoms with E-state index in [0.717, 1.165) is 0 Å². The quantitative estimate of drug-likeness (QED) is 0.771. The molecule has 2 N–H and O–H groups in total. The third kappa shape index (κ3) is 5.91. The predicted octanol–water partition coefficient (Wildman–Crippen LogP) is 2.20. The molecule has 1 aromatic rings. The number of amides is 1. The van der Waals surface area contributed by atoms with Gasteiger partial charge in [0.1, 0.15) is 5.82 Å². The maximum Gasteiger partial charge on any atom is 0.307 e. The van der Waals surface area contributed by atoms with Gasteiger partial charge in [-0.15, -0.1) is 0 Å². The number of hydrogen-bond acceptors (Lipinski definition) is 3. The summed E-state index contributed by atoms with van der Waals surface area (Å²) in [5, 5.41) is 11.4. The number of aliphatic carboxylic acids is 1. The van der Waals surface area contributed by atoms with Crippen LogP contribution in [0.4, 0.5) is 10.1 Å². The highest BCUT2D eigenvalue weighted by Gasteiger charge is 2.16. The van der Waals surface area contributed by atoms with Crippen LogP contribution in [0.2, 0.25) is 0 Å². The fraction of sp³-hybridized carbons (Fsp3) is 0.467. The third-order valence-corrected chi connectivity index (χ3v) is 3.20. The number of carbonyl (C=O) groups excluding carboxylic acids is 1. The second kappa shape index (κ2) is 8.36. The van der Waals surface area contributed by atoms with Crippen LogP contribution in [0, 0.1) is 11.7 Å². The zero-order valence-corrected chi connectivity index (χ0v) is 12.3. The first-order valence-corrected chi connectivity index (χ1v) is 6.93. The Morgan fingerprint density at radius 2 is 2.05 bits per heavy atom. The van der Waals surface area contributed by atoms with Crippen molar-refractivity contribution in [3.8, 4) is 0 Å². The third-order valence-electron chi connectivity index (χ3n) is 3.20. The van der Waals surface area contributed by atoms with E-state index in [1.165, 1.54) is 12.1 Å². The van der Waals surface area contributed by atoms with Crippen molar-refractivity contribution in [2.24, 2.45) is 5.92 Å². The molecule has 0 aromatic heterocycles. The highest BCUT2D eigenvalue weighted by atomic mass is 19.1. The summed E-state index contributed by atoms with van der Waals surface area (Å²) in [6.07, 6.45) is 0.189. The molecule has 0 heterocycles. The van der Waals surface area contributed by atoms with Gasteiger partial charge in [-0.25, -0.2) is 4.39 Å². The van der Waals surface area contributed by atoms with Crippen molar-refractivity contribution in [1.29, 1.82) is 0 Å². The average Bonchev–Trinajstić information content (AvgIpc) is 2.45. The molecule has 21 heavy (non-hydrogen) atoms. The van der Waals surface area contributed by atoms with Gasteiger partial charge >= 0.3 is 5.97 Å². The lowest BCUT2D eigenvalue weighted by Gasteiger charge is -2.22. The molecule has 0 saturated carbocycles. The molecule has 6 heteroatoms. The van der Waals surface area contributed by atoms with Gasteiger partial charge in [-0.1, -0.05) is 26.0 Å². The van der Waals surface area contributed by atoms with Gasteiger partial charge in [0.05, 0.1) is 11.6 Å². The fourth-order valence-electron chi connectivity index (χ4n) is 1.88. The lowest BCUT2D eigenvalue weighted by molar-refractivity contribution is -0.141. The second-order valence-corrected chi connectivity index (χ2v) is 4.91. The van der Waals surface area contributed by atoms with Gasteiger partial charge in [-0.05, 0) is 18.7 Å². The molecule has 116 valence electrons. The van der Waals surface area contributed by atoms with E-state index < -0.39 is 17.7 Å². The molecule has 0 saturated heterocycles. The Hall–Kier alpha value is -1.95. The largest absolute Gasteiger partial charge is 0.481 e. The minimum atomic E-state index is -0.857. The minimum absolute atomic E-state index is 0.157. The number of benzene rings is 1. The van der Waals surface area contributed by atoms with Crippen LogP contribution >= 0.6 is 0 Å². The topological polar surface area (TPSA) is 69.6 Å². The Balaban J connectivity index is 2.44. The molecule has 0 spiro atoms. The number of halogens is 1. The standard InChI is InChI=1S/C15H21FN2O3/c1-3-18(10-11(2)15(20)21)9-8-14(19)17-13-7-5-4-6-12(13)16/h4-7,11H,3,8-10H2,1-2H3,(H,17,19)(H,20,21). The van der Waals surface area contributed by atoms with Crippen LogP contribution in [0.25, 0.3) is 0 Å². The summed E-state index contributed by atoms with van der Waals surface area (Å²) in [4.78, 5) is 24.5. The number of nitrogens with zero attached hydrogens (tertiary/aromatic N) is 1. The molecule has 0 bridgehead atoms. The van der Waals surface area contributed by atoms with Crippen molar-refractivity contribution in [2.75, 3.05) is 25.0 Å². The molecule has 1 aromatic carbocycles. The van der Waals surface area contributed by atoms with Gasteiger partial charge in [0.2, 0.25) is 5.91 Å². The highest BCUT2D eigenvalue weighted by molar-refractivity contribution is 5.90. The number of anilines is 1. The van der Waals surface area contributed by atoms with Crippen molar-refractivity contribution in [3.63, 3.8) is 0 Å². The van der Waals surface area contributed by atoms with E-state index in [1.807, 2.05) is 11.8 Å². The van der Waals surface area contributed by atoms with Gasteiger partial charge < -0.3 is 15.3 Å². The SMILES string of the molecule is CCN(CCC(=O)Nc1ccccc1F)CC(C)C(=O)O. The fourth-order valence-corrected chi connectivity index (χ4v) is 1.88. The Kier molecular flexibility index (Phi) is 6.81. The van der Waals surface area contributed by atoms with Crippen molar-refractivity contribution >= 4 is 17.6 Å². The van der Waals surface area contributed by atoms with E-state index in [9.17, 15) is 14.0 Å². The van der Waals surface area contributed by atoms with Crippen molar-refractivity contribution in [1.82, 2.24) is 4.90 Å². The lowest BCUT2D eigenvalue weighted by atomic mass is 10.1. The van der Waals surface area contributed by atoms with Crippen LogP contribution in [-0.2, 0) is 9.59 Å². The Morgan fingerprint density at radius 1 is 1.38 bits per heavy atom. The number of para-hydroxylation sites is 1. The molecule has 0 aliphatic heterocycles. The summed E-state index contributed by atoms with van der Waals surface area (Å²) in [6.45, 7) is 5.02. The van der Waals surface area contributed by atoms with E-state index >= 15 is 0 Å². The van der Waals surface area contributed by atoms with Crippen LogP contribution in [0.5, 0.6) is 0 Å². The van der Waals surface area contributed by atoms with Crippen molar-refractivity contribution < 1.29 is 19.1 Å². The van der Waals surface area contributed by atoms with Gasteiger partial charge in [-0.3, -0.25) is 9.59 Å². The summed E-state index contributed by atoms with van der Waals surface area (Å²) in [7, 11) is 0. The molecule has 0 fully saturated rings. The maximum atomic E-state index is 13.4. The van der Waals surface area contributed by atoms with Crippen LogP contribution in [0.15, 0.2) is 24.3 Å². The Morgan fingerprint density at radius 3 is 2.62 bits per heavy atom. The summed E-state index contributed by atoms with van der Waals surface area (Å²) >= 11 is 0. The number of carbonyl (C=O) groups is 2. The maximum absolute atomic E-state index is 13.4. The normalized spacial score (nSPS) is 12.2. The van der Waals surface area contributed by atoms with Crippen LogP contribution < -0.4 is 5.32 Å². The lowest BCUT2D eigenvalue weighted by Crippen LogP contribution is -2.34. The average molecular weight is 296 g/mol. The van der Waals surface area contributed by atoms with E-state index in [0.29, 0.717) is 19.6 Å². The van der Waals surface area contributed by atoms with Crippen molar-refractivity contribution in [2.45, 2.75) is 20.3 Å². The monoisotopic (exact) mass is 296 g/mol. The first kappa shape index (κ1) is 17.1. The molecule has 5 nitrogen and oxygen atoms in total. The van der Waals surface area contributed by atoms with Crippen LogP contribution in [0.1, 0.15) is 20.3 Å². The summed E-state index contributed by atoms with van der Waals surface area (Å²) in [5.41, 5.74) is 0.157. The summed E-state index contributed by atoms with van der Waals surface area (Å²) in [6, 6.07) is 5.97. The van der Waals surface area contributed by atoms with Gasteiger partial charge in [0, 0.05) is 19.5 Å². The molecule has 1 unspecified atom stereocenters. The van der Waals surface area contributed by atoms with Crippen LogP contribution in [-0.4, -0.2) is 41.5 Å². The number of nitrogens with one attached hydrogen (secondary N) is 1. The number of rotatable bonds is 8. The number of carboxylic acids is 1. The molecule has 1 amide bonds. The van der Waals surface area contributed by atoms with Crippen LogP contribution in [0.3, 0.4) is 0 Å². The zero-order valence-electron chi connectivity index (χ0n) is 12.3. The van der Waals surface area contributed by atoms with E-state index in [1.54, 1.807) is 19.1 Å². The molecule has 0 aliphatic carbocycles. The molecular weight excluding hydrogens is 275 g/mol. The predicted molar refractivity (Wildman–Crippen MR) is 78.6 cm³/mol. The van der Waals surface area contributed by atoms with Gasteiger partial charge in [-0.2, -0.15) is 0 Å². The van der Waals surface area contributed by atoms with E-state index in [-0.39, 0.29) is 18.0 Å².